The Morgan fingerprint density at radius 1 is 1.28 bits per heavy atom. The second-order valence-corrected chi connectivity index (χ2v) is 3.99. The number of allylic oxidation sites excluding steroid dienone is 1. The molecule has 94 valence electrons. The van der Waals surface area contributed by atoms with Crippen molar-refractivity contribution in [3.63, 3.8) is 0 Å². The molecule has 1 heterocycles. The number of fused-ring (bicyclic) bond motifs is 1. The zero-order chi connectivity index (χ0) is 13.1. The number of aromatic nitrogens is 1. The Bertz CT molecular complexity index is 611. The molecule has 1 N–H and O–H groups in total. The summed E-state index contributed by atoms with van der Waals surface area (Å²) in [6.45, 7) is 1.86. The molecule has 0 bridgehead atoms. The fourth-order valence-electron chi connectivity index (χ4n) is 1.76. The van der Waals surface area contributed by atoms with E-state index >= 15 is 0 Å². The van der Waals surface area contributed by atoms with E-state index in [9.17, 15) is 4.79 Å². The molecule has 1 aromatic heterocycles. The Labute approximate surface area is 105 Å². The minimum atomic E-state index is -0.358. The van der Waals surface area contributed by atoms with Crippen LogP contribution in [0, 0.1) is 0 Å². The minimum Gasteiger partial charge on any atom is -0.497 e. The molecule has 4 heteroatoms. The van der Waals surface area contributed by atoms with Crippen molar-refractivity contribution in [2.75, 3.05) is 14.2 Å². The fourth-order valence-corrected chi connectivity index (χ4v) is 1.76. The van der Waals surface area contributed by atoms with E-state index in [1.807, 2.05) is 31.2 Å². The van der Waals surface area contributed by atoms with Gasteiger partial charge in [0.15, 0.2) is 0 Å². The first-order chi connectivity index (χ1) is 8.63. The smallest absolute Gasteiger partial charge is 0.330 e. The van der Waals surface area contributed by atoms with Crippen molar-refractivity contribution in [3.8, 4) is 5.75 Å². The normalized spacial score (nSPS) is 11.6. The lowest BCUT2D eigenvalue weighted by molar-refractivity contribution is -0.134. The number of H-pyrrole nitrogens is 1. The molecule has 0 atom stereocenters. The maximum atomic E-state index is 11.2. The summed E-state index contributed by atoms with van der Waals surface area (Å²) in [4.78, 5) is 14.4. The van der Waals surface area contributed by atoms with E-state index in [1.165, 1.54) is 13.2 Å². The van der Waals surface area contributed by atoms with Gasteiger partial charge in [-0.2, -0.15) is 0 Å². The molecule has 4 nitrogen and oxygen atoms in total. The third-order valence-electron chi connectivity index (χ3n) is 2.79. The number of hydrogen-bond acceptors (Lipinski definition) is 3. The van der Waals surface area contributed by atoms with E-state index in [-0.39, 0.29) is 5.97 Å². The van der Waals surface area contributed by atoms with Gasteiger partial charge in [-0.05, 0) is 36.8 Å². The van der Waals surface area contributed by atoms with Gasteiger partial charge in [0.25, 0.3) is 0 Å². The number of nitrogens with one attached hydrogen (secondary N) is 1. The summed E-state index contributed by atoms with van der Waals surface area (Å²) in [5, 5.41) is 1.04. The van der Waals surface area contributed by atoms with Gasteiger partial charge >= 0.3 is 5.97 Å². The molecule has 0 aliphatic heterocycles. The molecule has 2 rings (SSSR count). The highest BCUT2D eigenvalue weighted by atomic mass is 16.5. The van der Waals surface area contributed by atoms with E-state index in [2.05, 4.69) is 9.72 Å². The molecule has 0 saturated heterocycles. The highest BCUT2D eigenvalue weighted by Crippen LogP contribution is 2.24. The minimum absolute atomic E-state index is 0.358. The molecule has 18 heavy (non-hydrogen) atoms. The van der Waals surface area contributed by atoms with Gasteiger partial charge in [0.05, 0.1) is 14.2 Å². The van der Waals surface area contributed by atoms with Crippen LogP contribution in [0.15, 0.2) is 30.3 Å². The SMILES string of the molecule is COC(=O)/C=C(\C)c1cc2cc(OC)ccc2[nH]1. The van der Waals surface area contributed by atoms with E-state index in [1.54, 1.807) is 7.11 Å². The van der Waals surface area contributed by atoms with Crippen molar-refractivity contribution >= 4 is 22.4 Å². The van der Waals surface area contributed by atoms with Crippen molar-refractivity contribution in [2.24, 2.45) is 0 Å². The highest BCUT2D eigenvalue weighted by Gasteiger charge is 2.05. The summed E-state index contributed by atoms with van der Waals surface area (Å²) in [6.07, 6.45) is 1.46. The first-order valence-electron chi connectivity index (χ1n) is 5.57. The largest absolute Gasteiger partial charge is 0.497 e. The molecule has 0 radical (unpaired) electrons. The van der Waals surface area contributed by atoms with Crippen LogP contribution in [-0.4, -0.2) is 25.2 Å². The summed E-state index contributed by atoms with van der Waals surface area (Å²) < 4.78 is 9.78. The molecule has 0 aliphatic carbocycles. The van der Waals surface area contributed by atoms with Crippen LogP contribution < -0.4 is 4.74 Å². The number of methoxy groups -OCH3 is 2. The Hall–Kier alpha value is -2.23. The van der Waals surface area contributed by atoms with Gasteiger partial charge < -0.3 is 14.5 Å². The topological polar surface area (TPSA) is 51.3 Å². The number of ether oxygens (including phenoxy) is 2. The number of rotatable bonds is 3. The molecule has 2 aromatic rings. The number of carbonyl (C=O) groups excluding carboxylic acids is 1. The van der Waals surface area contributed by atoms with Crippen molar-refractivity contribution in [2.45, 2.75) is 6.92 Å². The summed E-state index contributed by atoms with van der Waals surface area (Å²) >= 11 is 0. The lowest BCUT2D eigenvalue weighted by Crippen LogP contribution is -1.95. The highest BCUT2D eigenvalue weighted by molar-refractivity contribution is 5.93. The van der Waals surface area contributed by atoms with Crippen LogP contribution in [0.4, 0.5) is 0 Å². The molecule has 0 aliphatic rings. The Balaban J connectivity index is 2.41. The molecule has 0 amide bonds. The molecular formula is C14H15NO3. The summed E-state index contributed by atoms with van der Waals surface area (Å²) in [7, 11) is 3.00. The molecular weight excluding hydrogens is 230 g/mol. The van der Waals surface area contributed by atoms with E-state index in [0.717, 1.165) is 27.9 Å². The van der Waals surface area contributed by atoms with Gasteiger partial charge in [-0.25, -0.2) is 4.79 Å². The molecule has 1 aromatic carbocycles. The van der Waals surface area contributed by atoms with Gasteiger partial charge in [0.2, 0.25) is 0 Å². The number of carbonyl (C=O) groups is 1. The Kier molecular flexibility index (Phi) is 3.37. The number of hydrogen-bond donors (Lipinski definition) is 1. The predicted molar refractivity (Wildman–Crippen MR) is 70.5 cm³/mol. The number of benzene rings is 1. The van der Waals surface area contributed by atoms with Crippen LogP contribution in [-0.2, 0) is 9.53 Å². The average molecular weight is 245 g/mol. The van der Waals surface area contributed by atoms with Crippen molar-refractivity contribution in [1.29, 1.82) is 0 Å². The number of aromatic amines is 1. The molecule has 0 saturated carbocycles. The van der Waals surface area contributed by atoms with Gasteiger partial charge in [-0.15, -0.1) is 0 Å². The van der Waals surface area contributed by atoms with Gasteiger partial charge in [-0.3, -0.25) is 0 Å². The monoisotopic (exact) mass is 245 g/mol. The van der Waals surface area contributed by atoms with Gasteiger partial charge in [-0.1, -0.05) is 0 Å². The van der Waals surface area contributed by atoms with E-state index < -0.39 is 0 Å². The van der Waals surface area contributed by atoms with Crippen molar-refractivity contribution in [1.82, 2.24) is 4.98 Å². The van der Waals surface area contributed by atoms with Crippen molar-refractivity contribution in [3.05, 3.63) is 36.0 Å². The van der Waals surface area contributed by atoms with Gasteiger partial charge in [0.1, 0.15) is 5.75 Å². The molecule has 0 unspecified atom stereocenters. The van der Waals surface area contributed by atoms with E-state index in [0.29, 0.717) is 0 Å². The van der Waals surface area contributed by atoms with Crippen LogP contribution in [0.1, 0.15) is 12.6 Å². The fraction of sp³-hybridized carbons (Fsp3) is 0.214. The van der Waals surface area contributed by atoms with Crippen LogP contribution in [0.2, 0.25) is 0 Å². The zero-order valence-electron chi connectivity index (χ0n) is 10.6. The lowest BCUT2D eigenvalue weighted by Gasteiger charge is -1.97. The zero-order valence-corrected chi connectivity index (χ0v) is 10.6. The number of esters is 1. The lowest BCUT2D eigenvalue weighted by atomic mass is 10.2. The maximum Gasteiger partial charge on any atom is 0.330 e. The Morgan fingerprint density at radius 2 is 2.06 bits per heavy atom. The Morgan fingerprint density at radius 3 is 2.72 bits per heavy atom. The first kappa shape index (κ1) is 12.2. The maximum absolute atomic E-state index is 11.2. The third kappa shape index (κ3) is 2.37. The van der Waals surface area contributed by atoms with Gasteiger partial charge in [0, 0.05) is 22.7 Å². The van der Waals surface area contributed by atoms with Crippen LogP contribution in [0.3, 0.4) is 0 Å². The second-order valence-electron chi connectivity index (χ2n) is 3.99. The quantitative estimate of drug-likeness (QED) is 0.668. The summed E-state index contributed by atoms with van der Waals surface area (Å²) in [5.74, 6) is 0.450. The molecule has 0 fully saturated rings. The third-order valence-corrected chi connectivity index (χ3v) is 2.79. The summed E-state index contributed by atoms with van der Waals surface area (Å²) in [5.41, 5.74) is 2.73. The average Bonchev–Trinajstić information content (AvgIpc) is 2.81. The van der Waals surface area contributed by atoms with Crippen LogP contribution >= 0.6 is 0 Å². The second kappa shape index (κ2) is 4.96. The van der Waals surface area contributed by atoms with Crippen molar-refractivity contribution < 1.29 is 14.3 Å². The first-order valence-corrected chi connectivity index (χ1v) is 5.57. The predicted octanol–water partition coefficient (Wildman–Crippen LogP) is 2.75. The molecule has 0 spiro atoms. The van der Waals surface area contributed by atoms with Crippen LogP contribution in [0.5, 0.6) is 5.75 Å². The standard InChI is InChI=1S/C14H15NO3/c1-9(6-14(16)18-3)13-8-10-7-11(17-2)4-5-12(10)15-13/h4-8,15H,1-3H3/b9-6+. The van der Waals surface area contributed by atoms with E-state index in [4.69, 9.17) is 4.74 Å². The summed E-state index contributed by atoms with van der Waals surface area (Å²) in [6, 6.07) is 7.76. The van der Waals surface area contributed by atoms with Crippen LogP contribution in [0.25, 0.3) is 16.5 Å².